The molecule has 106 valence electrons. The topological polar surface area (TPSA) is 29.3 Å². The van der Waals surface area contributed by atoms with Crippen LogP contribution in [0.3, 0.4) is 0 Å². The number of nitrogens with two attached hydrogens (primary N) is 1. The van der Waals surface area contributed by atoms with Crippen molar-refractivity contribution in [1.82, 2.24) is 4.90 Å². The lowest BCUT2D eigenvalue weighted by molar-refractivity contribution is 0.0988. The smallest absolute Gasteiger partial charge is 0.0247 e. The predicted molar refractivity (Wildman–Crippen MR) is 78.7 cm³/mol. The van der Waals surface area contributed by atoms with Crippen LogP contribution in [0.1, 0.15) is 71.1 Å². The Morgan fingerprint density at radius 3 is 2.28 bits per heavy atom. The summed E-state index contributed by atoms with van der Waals surface area (Å²) in [6.45, 7) is 4.93. The molecule has 2 aliphatic rings. The van der Waals surface area contributed by atoms with Crippen molar-refractivity contribution in [3.8, 4) is 0 Å². The van der Waals surface area contributed by atoms with Gasteiger partial charge in [0, 0.05) is 12.1 Å². The number of hydrogen-bond acceptors (Lipinski definition) is 2. The Morgan fingerprint density at radius 2 is 1.61 bits per heavy atom. The minimum atomic E-state index is 0.438. The van der Waals surface area contributed by atoms with Gasteiger partial charge in [-0.1, -0.05) is 45.4 Å². The monoisotopic (exact) mass is 252 g/mol. The highest BCUT2D eigenvalue weighted by atomic mass is 15.2. The van der Waals surface area contributed by atoms with Gasteiger partial charge in [0.1, 0.15) is 0 Å². The Kier molecular flexibility index (Phi) is 5.97. The fraction of sp³-hybridized carbons (Fsp3) is 1.00. The number of likely N-dealkylation sites (tertiary alicyclic amines) is 1. The van der Waals surface area contributed by atoms with Gasteiger partial charge >= 0.3 is 0 Å². The fourth-order valence-corrected chi connectivity index (χ4v) is 3.93. The van der Waals surface area contributed by atoms with Crippen molar-refractivity contribution >= 4 is 0 Å². The zero-order chi connectivity index (χ0) is 12.8. The molecule has 0 amide bonds. The van der Waals surface area contributed by atoms with Gasteiger partial charge in [-0.2, -0.15) is 0 Å². The molecule has 2 heteroatoms. The second-order valence-corrected chi connectivity index (χ2v) is 6.49. The highest BCUT2D eigenvalue weighted by Gasteiger charge is 2.28. The van der Waals surface area contributed by atoms with E-state index in [4.69, 9.17) is 5.73 Å². The summed E-state index contributed by atoms with van der Waals surface area (Å²) in [6.07, 6.45) is 13.8. The van der Waals surface area contributed by atoms with Crippen LogP contribution in [0.2, 0.25) is 0 Å². The van der Waals surface area contributed by atoms with Crippen molar-refractivity contribution in [1.29, 1.82) is 0 Å². The molecule has 2 rings (SSSR count). The van der Waals surface area contributed by atoms with E-state index in [0.29, 0.717) is 12.1 Å². The summed E-state index contributed by atoms with van der Waals surface area (Å²) in [5.74, 6) is 0.996. The molecular weight excluding hydrogens is 220 g/mol. The van der Waals surface area contributed by atoms with Crippen molar-refractivity contribution in [2.45, 2.75) is 83.2 Å². The molecule has 2 N–H and O–H groups in total. The van der Waals surface area contributed by atoms with E-state index in [9.17, 15) is 0 Å². The van der Waals surface area contributed by atoms with Gasteiger partial charge in [0.2, 0.25) is 0 Å². The van der Waals surface area contributed by atoms with E-state index in [1.165, 1.54) is 77.3 Å². The van der Waals surface area contributed by atoms with Crippen LogP contribution in [0.25, 0.3) is 0 Å². The summed E-state index contributed by atoms with van der Waals surface area (Å²) in [4.78, 5) is 2.72. The van der Waals surface area contributed by atoms with Crippen LogP contribution in [-0.4, -0.2) is 30.1 Å². The van der Waals surface area contributed by atoms with Crippen LogP contribution in [0.5, 0.6) is 0 Å². The van der Waals surface area contributed by atoms with Crippen LogP contribution in [0.4, 0.5) is 0 Å². The van der Waals surface area contributed by atoms with Crippen LogP contribution < -0.4 is 5.73 Å². The minimum Gasteiger partial charge on any atom is -0.326 e. The van der Waals surface area contributed by atoms with E-state index in [2.05, 4.69) is 11.8 Å². The fourth-order valence-electron chi connectivity index (χ4n) is 3.93. The van der Waals surface area contributed by atoms with E-state index in [1.54, 1.807) is 0 Å². The van der Waals surface area contributed by atoms with Crippen LogP contribution >= 0.6 is 0 Å². The third-order valence-corrected chi connectivity index (χ3v) is 5.10. The molecule has 1 aliphatic carbocycles. The molecule has 1 saturated carbocycles. The first-order chi connectivity index (χ1) is 8.81. The number of piperidine rings is 1. The quantitative estimate of drug-likeness (QED) is 0.832. The minimum absolute atomic E-state index is 0.438. The molecule has 0 aromatic rings. The van der Waals surface area contributed by atoms with Gasteiger partial charge in [-0.3, -0.25) is 4.90 Å². The van der Waals surface area contributed by atoms with E-state index in [1.807, 2.05) is 0 Å². The Hall–Kier alpha value is -0.0800. The number of rotatable bonds is 3. The standard InChI is InChI=1S/C16H32N2/c1-2-7-14-10-12-18(13-11-14)16-9-6-4-3-5-8-15(16)17/h14-16H,2-13,17H2,1H3. The molecule has 0 aromatic carbocycles. The van der Waals surface area contributed by atoms with Gasteiger partial charge < -0.3 is 5.73 Å². The summed E-state index contributed by atoms with van der Waals surface area (Å²) >= 11 is 0. The van der Waals surface area contributed by atoms with Crippen LogP contribution in [0.15, 0.2) is 0 Å². The Morgan fingerprint density at radius 1 is 0.944 bits per heavy atom. The maximum Gasteiger partial charge on any atom is 0.0247 e. The summed E-state index contributed by atoms with van der Waals surface area (Å²) < 4.78 is 0. The second kappa shape index (κ2) is 7.49. The average Bonchev–Trinajstić information content (AvgIpc) is 2.36. The predicted octanol–water partition coefficient (Wildman–Crippen LogP) is 3.55. The summed E-state index contributed by atoms with van der Waals surface area (Å²) in [5, 5.41) is 0. The largest absolute Gasteiger partial charge is 0.326 e. The molecule has 1 heterocycles. The SMILES string of the molecule is CCCC1CCN(C2CCCCCCC2N)CC1. The molecule has 1 aliphatic heterocycles. The Bertz CT molecular complexity index is 221. The first-order valence-electron chi connectivity index (χ1n) is 8.31. The third-order valence-electron chi connectivity index (χ3n) is 5.10. The zero-order valence-electron chi connectivity index (χ0n) is 12.2. The second-order valence-electron chi connectivity index (χ2n) is 6.49. The normalized spacial score (nSPS) is 33.0. The molecule has 0 bridgehead atoms. The zero-order valence-corrected chi connectivity index (χ0v) is 12.2. The lowest BCUT2D eigenvalue weighted by Crippen LogP contribution is -2.51. The molecule has 2 nitrogen and oxygen atoms in total. The van der Waals surface area contributed by atoms with Crippen molar-refractivity contribution in [2.24, 2.45) is 11.7 Å². The van der Waals surface area contributed by atoms with Crippen molar-refractivity contribution in [3.05, 3.63) is 0 Å². The molecule has 18 heavy (non-hydrogen) atoms. The highest BCUT2D eigenvalue weighted by Crippen LogP contribution is 2.27. The summed E-state index contributed by atoms with van der Waals surface area (Å²) in [7, 11) is 0. The van der Waals surface area contributed by atoms with E-state index in [0.717, 1.165) is 5.92 Å². The molecule has 1 saturated heterocycles. The molecule has 0 spiro atoms. The van der Waals surface area contributed by atoms with E-state index >= 15 is 0 Å². The van der Waals surface area contributed by atoms with Gasteiger partial charge in [-0.05, 0) is 44.7 Å². The molecule has 2 fully saturated rings. The number of hydrogen-bond donors (Lipinski definition) is 1. The van der Waals surface area contributed by atoms with Crippen molar-refractivity contribution in [2.75, 3.05) is 13.1 Å². The maximum absolute atomic E-state index is 6.43. The molecule has 2 unspecified atom stereocenters. The maximum atomic E-state index is 6.43. The van der Waals surface area contributed by atoms with E-state index < -0.39 is 0 Å². The third kappa shape index (κ3) is 3.96. The molecule has 0 aromatic heterocycles. The lowest BCUT2D eigenvalue weighted by atomic mass is 9.87. The molecule has 2 atom stereocenters. The van der Waals surface area contributed by atoms with Crippen molar-refractivity contribution in [3.63, 3.8) is 0 Å². The highest BCUT2D eigenvalue weighted by molar-refractivity contribution is 4.86. The summed E-state index contributed by atoms with van der Waals surface area (Å²) in [5.41, 5.74) is 6.43. The Balaban J connectivity index is 1.82. The molecular formula is C16H32N2. The first-order valence-corrected chi connectivity index (χ1v) is 8.31. The van der Waals surface area contributed by atoms with Gasteiger partial charge in [-0.25, -0.2) is 0 Å². The van der Waals surface area contributed by atoms with E-state index in [-0.39, 0.29) is 0 Å². The van der Waals surface area contributed by atoms with Gasteiger partial charge in [0.25, 0.3) is 0 Å². The lowest BCUT2D eigenvalue weighted by Gasteiger charge is -2.41. The van der Waals surface area contributed by atoms with Crippen LogP contribution in [-0.2, 0) is 0 Å². The van der Waals surface area contributed by atoms with Gasteiger partial charge in [0.15, 0.2) is 0 Å². The summed E-state index contributed by atoms with van der Waals surface area (Å²) in [6, 6.07) is 1.13. The molecule has 0 radical (unpaired) electrons. The Labute approximate surface area is 113 Å². The first kappa shape index (κ1) is 14.3. The van der Waals surface area contributed by atoms with Gasteiger partial charge in [0.05, 0.1) is 0 Å². The average molecular weight is 252 g/mol. The van der Waals surface area contributed by atoms with Gasteiger partial charge in [-0.15, -0.1) is 0 Å². The van der Waals surface area contributed by atoms with Crippen LogP contribution in [0, 0.1) is 5.92 Å². The van der Waals surface area contributed by atoms with Crippen molar-refractivity contribution < 1.29 is 0 Å². The number of nitrogens with zero attached hydrogens (tertiary/aromatic N) is 1.